The topological polar surface area (TPSA) is 82.0 Å². The Morgan fingerprint density at radius 3 is 2.57 bits per heavy atom. The molecule has 1 N–H and O–H groups in total. The number of hydrogen-bond donors (Lipinski definition) is 1. The summed E-state index contributed by atoms with van der Waals surface area (Å²) in [5.41, 5.74) is 2.31. The molecule has 0 radical (unpaired) electrons. The third kappa shape index (κ3) is 4.49. The first-order valence-electron chi connectivity index (χ1n) is 9.40. The molecule has 0 aliphatic heterocycles. The zero-order valence-corrected chi connectivity index (χ0v) is 18.3. The fourth-order valence-electron chi connectivity index (χ4n) is 2.93. The van der Waals surface area contributed by atoms with Crippen LogP contribution in [0.1, 0.15) is 13.8 Å². The number of methoxy groups -OCH3 is 1. The predicted octanol–water partition coefficient (Wildman–Crippen LogP) is 5.47. The molecular formula is C22H20BrN5O2. The van der Waals surface area contributed by atoms with E-state index < -0.39 is 0 Å². The van der Waals surface area contributed by atoms with Crippen molar-refractivity contribution in [2.75, 3.05) is 12.4 Å². The van der Waals surface area contributed by atoms with Gasteiger partial charge in [-0.05, 0) is 60.1 Å². The van der Waals surface area contributed by atoms with Gasteiger partial charge in [0.05, 0.1) is 23.9 Å². The molecule has 0 fully saturated rings. The predicted molar refractivity (Wildman–Crippen MR) is 120 cm³/mol. The molecule has 0 atom stereocenters. The molecular weight excluding hydrogens is 446 g/mol. The molecule has 3 aromatic heterocycles. The van der Waals surface area contributed by atoms with E-state index >= 15 is 0 Å². The van der Waals surface area contributed by atoms with Gasteiger partial charge in [0.1, 0.15) is 16.1 Å². The lowest BCUT2D eigenvalue weighted by Crippen LogP contribution is -2.13. The van der Waals surface area contributed by atoms with E-state index in [1.165, 1.54) is 0 Å². The standard InChI is InChI=1S/C22H20BrN5O2/c1-13(2)26-22-25-12-17(21(28-22)29-3)19-6-4-14-10-15(5-7-18(14)27-19)30-16-8-9-24-20(23)11-16/h4-13H,1-3H3,(H,25,26,28). The number of ether oxygens (including phenoxy) is 2. The summed E-state index contributed by atoms with van der Waals surface area (Å²) in [5, 5.41) is 4.13. The summed E-state index contributed by atoms with van der Waals surface area (Å²) >= 11 is 3.35. The number of aromatic nitrogens is 4. The summed E-state index contributed by atoms with van der Waals surface area (Å²) in [7, 11) is 1.59. The molecule has 0 saturated carbocycles. The van der Waals surface area contributed by atoms with Crippen molar-refractivity contribution in [3.8, 4) is 28.6 Å². The maximum atomic E-state index is 5.92. The molecule has 7 nitrogen and oxygen atoms in total. The van der Waals surface area contributed by atoms with Crippen molar-refractivity contribution in [3.63, 3.8) is 0 Å². The molecule has 0 aliphatic carbocycles. The fourth-order valence-corrected chi connectivity index (χ4v) is 3.27. The van der Waals surface area contributed by atoms with Gasteiger partial charge in [0.25, 0.3) is 0 Å². The average molecular weight is 466 g/mol. The van der Waals surface area contributed by atoms with Crippen molar-refractivity contribution in [2.45, 2.75) is 19.9 Å². The van der Waals surface area contributed by atoms with Gasteiger partial charge in [-0.3, -0.25) is 0 Å². The van der Waals surface area contributed by atoms with Gasteiger partial charge in [-0.15, -0.1) is 0 Å². The largest absolute Gasteiger partial charge is 0.480 e. The van der Waals surface area contributed by atoms with Crippen LogP contribution >= 0.6 is 15.9 Å². The molecule has 1 aromatic carbocycles. The highest BCUT2D eigenvalue weighted by atomic mass is 79.9. The van der Waals surface area contributed by atoms with Gasteiger partial charge in [0.15, 0.2) is 0 Å². The molecule has 4 rings (SSSR count). The Morgan fingerprint density at radius 1 is 0.967 bits per heavy atom. The monoisotopic (exact) mass is 465 g/mol. The number of nitrogens with zero attached hydrogens (tertiary/aromatic N) is 4. The van der Waals surface area contributed by atoms with Gasteiger partial charge in [-0.1, -0.05) is 6.07 Å². The Kier molecular flexibility index (Phi) is 5.76. The minimum atomic E-state index is 0.226. The molecule has 0 aliphatic rings. The normalized spacial score (nSPS) is 11.0. The molecule has 0 saturated heterocycles. The zero-order valence-electron chi connectivity index (χ0n) is 16.8. The van der Waals surface area contributed by atoms with E-state index in [2.05, 4.69) is 36.2 Å². The van der Waals surface area contributed by atoms with Crippen LogP contribution in [-0.4, -0.2) is 33.1 Å². The number of hydrogen-bond acceptors (Lipinski definition) is 7. The van der Waals surface area contributed by atoms with E-state index in [0.717, 1.165) is 32.5 Å². The number of halogens is 1. The highest BCUT2D eigenvalue weighted by molar-refractivity contribution is 9.10. The fraction of sp³-hybridized carbons (Fsp3) is 0.182. The van der Waals surface area contributed by atoms with Crippen molar-refractivity contribution >= 4 is 32.8 Å². The van der Waals surface area contributed by atoms with Gasteiger partial charge in [0.2, 0.25) is 11.8 Å². The summed E-state index contributed by atoms with van der Waals surface area (Å²) in [6.45, 7) is 4.06. The molecule has 0 amide bonds. The first-order valence-corrected chi connectivity index (χ1v) is 10.2. The summed E-state index contributed by atoms with van der Waals surface area (Å²) in [6.07, 6.45) is 3.41. The Hall–Kier alpha value is -3.26. The number of nitrogens with one attached hydrogen (secondary N) is 1. The third-order valence-corrected chi connectivity index (χ3v) is 4.67. The van der Waals surface area contributed by atoms with Crippen LogP contribution in [0, 0.1) is 0 Å². The molecule has 152 valence electrons. The van der Waals surface area contributed by atoms with E-state index in [-0.39, 0.29) is 6.04 Å². The smallest absolute Gasteiger partial charge is 0.227 e. The number of benzene rings is 1. The second kappa shape index (κ2) is 8.62. The molecule has 30 heavy (non-hydrogen) atoms. The van der Waals surface area contributed by atoms with Crippen LogP contribution in [0.4, 0.5) is 5.95 Å². The number of pyridine rings is 2. The lowest BCUT2D eigenvalue weighted by atomic mass is 10.1. The van der Waals surface area contributed by atoms with Crippen molar-refractivity contribution in [2.24, 2.45) is 0 Å². The van der Waals surface area contributed by atoms with Crippen molar-refractivity contribution in [3.05, 3.63) is 59.5 Å². The van der Waals surface area contributed by atoms with E-state index in [1.807, 2.05) is 50.2 Å². The van der Waals surface area contributed by atoms with E-state index in [4.69, 9.17) is 14.5 Å². The molecule has 4 aromatic rings. The van der Waals surface area contributed by atoms with Crippen LogP contribution in [0.5, 0.6) is 17.4 Å². The lowest BCUT2D eigenvalue weighted by molar-refractivity contribution is 0.399. The van der Waals surface area contributed by atoms with E-state index in [0.29, 0.717) is 17.6 Å². The van der Waals surface area contributed by atoms with Crippen LogP contribution in [0.2, 0.25) is 0 Å². The van der Waals surface area contributed by atoms with Crippen LogP contribution in [0.25, 0.3) is 22.2 Å². The minimum absolute atomic E-state index is 0.226. The number of anilines is 1. The summed E-state index contributed by atoms with van der Waals surface area (Å²) < 4.78 is 12.1. The van der Waals surface area contributed by atoms with Crippen molar-refractivity contribution in [1.82, 2.24) is 19.9 Å². The summed E-state index contributed by atoms with van der Waals surface area (Å²) in [4.78, 5) is 17.7. The maximum absolute atomic E-state index is 5.92. The van der Waals surface area contributed by atoms with Crippen molar-refractivity contribution < 1.29 is 9.47 Å². The third-order valence-electron chi connectivity index (χ3n) is 4.24. The summed E-state index contributed by atoms with van der Waals surface area (Å²) in [5.74, 6) is 2.43. The van der Waals surface area contributed by atoms with Gasteiger partial charge in [-0.25, -0.2) is 15.0 Å². The molecule has 8 heteroatoms. The van der Waals surface area contributed by atoms with E-state index in [1.54, 1.807) is 25.6 Å². The quantitative estimate of drug-likeness (QED) is 0.378. The first-order chi connectivity index (χ1) is 14.5. The maximum Gasteiger partial charge on any atom is 0.227 e. The molecule has 0 spiro atoms. The van der Waals surface area contributed by atoms with E-state index in [9.17, 15) is 0 Å². The van der Waals surface area contributed by atoms with Gasteiger partial charge >= 0.3 is 0 Å². The zero-order chi connectivity index (χ0) is 21.1. The lowest BCUT2D eigenvalue weighted by Gasteiger charge is -2.12. The minimum Gasteiger partial charge on any atom is -0.480 e. The highest BCUT2D eigenvalue weighted by Crippen LogP contribution is 2.31. The number of rotatable bonds is 6. The second-order valence-corrected chi connectivity index (χ2v) is 7.70. The molecule has 0 unspecified atom stereocenters. The van der Waals surface area contributed by atoms with Gasteiger partial charge < -0.3 is 14.8 Å². The average Bonchev–Trinajstić information content (AvgIpc) is 2.73. The van der Waals surface area contributed by atoms with Crippen molar-refractivity contribution in [1.29, 1.82) is 0 Å². The Bertz CT molecular complexity index is 1200. The highest BCUT2D eigenvalue weighted by Gasteiger charge is 2.13. The van der Waals surface area contributed by atoms with Crippen LogP contribution in [0.3, 0.4) is 0 Å². The Balaban J connectivity index is 1.64. The first kappa shape index (κ1) is 20.0. The molecule has 0 bridgehead atoms. The van der Waals surface area contributed by atoms with Gasteiger partial charge in [0, 0.05) is 29.9 Å². The molecule has 3 heterocycles. The van der Waals surface area contributed by atoms with Crippen LogP contribution < -0.4 is 14.8 Å². The number of fused-ring (bicyclic) bond motifs is 1. The van der Waals surface area contributed by atoms with Gasteiger partial charge in [-0.2, -0.15) is 4.98 Å². The summed E-state index contributed by atoms with van der Waals surface area (Å²) in [6, 6.07) is 13.5. The Labute approximate surface area is 182 Å². The van der Waals surface area contributed by atoms with Crippen LogP contribution in [0.15, 0.2) is 59.5 Å². The van der Waals surface area contributed by atoms with Crippen LogP contribution in [-0.2, 0) is 0 Å². The SMILES string of the molecule is COc1nc(NC(C)C)ncc1-c1ccc2cc(Oc3ccnc(Br)c3)ccc2n1. The Morgan fingerprint density at radius 2 is 1.80 bits per heavy atom. The second-order valence-electron chi connectivity index (χ2n) is 6.88.